The number of carbonyl (C=O) groups is 1. The first kappa shape index (κ1) is 11.9. The summed E-state index contributed by atoms with van der Waals surface area (Å²) in [5.74, 6) is 0.199. The third-order valence-electron chi connectivity index (χ3n) is 1.96. The zero-order chi connectivity index (χ0) is 11.3. The lowest BCUT2D eigenvalue weighted by atomic mass is 10.1. The molecule has 2 N–H and O–H groups in total. The average Bonchev–Trinajstić information content (AvgIpc) is 2.21. The molecule has 0 saturated carbocycles. The second kappa shape index (κ2) is 5.68. The summed E-state index contributed by atoms with van der Waals surface area (Å²) in [5, 5.41) is 6.05. The Balaban J connectivity index is 2.62. The molecule has 0 saturated heterocycles. The zero-order valence-corrected chi connectivity index (χ0v) is 9.51. The summed E-state index contributed by atoms with van der Waals surface area (Å²) in [6.07, 6.45) is 1.59. The van der Waals surface area contributed by atoms with Gasteiger partial charge in [0.15, 0.2) is 5.82 Å². The normalized spacial score (nSPS) is 12.2. The van der Waals surface area contributed by atoms with E-state index in [0.29, 0.717) is 17.4 Å². The number of halogens is 1. The number of hydrogen-bond acceptors (Lipinski definition) is 3. The van der Waals surface area contributed by atoms with Crippen molar-refractivity contribution < 1.29 is 4.79 Å². The molecule has 1 rings (SSSR count). The predicted molar refractivity (Wildman–Crippen MR) is 61.0 cm³/mol. The van der Waals surface area contributed by atoms with Gasteiger partial charge in [0.2, 0.25) is 5.91 Å². The van der Waals surface area contributed by atoms with Crippen LogP contribution in [0.4, 0.5) is 5.82 Å². The molecule has 82 valence electrons. The van der Waals surface area contributed by atoms with Gasteiger partial charge in [0.1, 0.15) is 0 Å². The first-order valence-electron chi connectivity index (χ1n) is 4.71. The first-order valence-corrected chi connectivity index (χ1v) is 5.09. The molecule has 0 radical (unpaired) electrons. The van der Waals surface area contributed by atoms with Crippen molar-refractivity contribution >= 4 is 23.3 Å². The molecule has 0 aliphatic heterocycles. The highest BCUT2D eigenvalue weighted by Crippen LogP contribution is 2.17. The predicted octanol–water partition coefficient (Wildman–Crippen LogP) is 1.53. The van der Waals surface area contributed by atoms with Crippen molar-refractivity contribution in [3.63, 3.8) is 0 Å². The van der Waals surface area contributed by atoms with Crippen LogP contribution in [0.2, 0.25) is 5.02 Å². The number of aromatic nitrogens is 1. The maximum Gasteiger partial charge on any atom is 0.229 e. The maximum atomic E-state index is 11.6. The van der Waals surface area contributed by atoms with Gasteiger partial charge in [-0.25, -0.2) is 4.98 Å². The van der Waals surface area contributed by atoms with Crippen molar-refractivity contribution in [3.05, 3.63) is 23.4 Å². The highest BCUT2D eigenvalue weighted by molar-refractivity contribution is 6.33. The van der Waals surface area contributed by atoms with Crippen LogP contribution in [-0.4, -0.2) is 24.5 Å². The van der Waals surface area contributed by atoms with E-state index in [1.54, 1.807) is 25.4 Å². The Kier molecular flexibility index (Phi) is 4.52. The number of amides is 1. The standard InChI is InChI=1S/C10H14ClN3O/c1-7(6-12-2)10(15)14-9-8(11)4-3-5-13-9/h3-5,7,12H,6H2,1-2H3,(H,13,14,15). The minimum absolute atomic E-state index is 0.0926. The van der Waals surface area contributed by atoms with E-state index in [2.05, 4.69) is 15.6 Å². The maximum absolute atomic E-state index is 11.6. The summed E-state index contributed by atoms with van der Waals surface area (Å²) in [5.41, 5.74) is 0. The van der Waals surface area contributed by atoms with E-state index in [4.69, 9.17) is 11.6 Å². The van der Waals surface area contributed by atoms with Crippen LogP contribution in [0.3, 0.4) is 0 Å². The molecule has 0 aromatic carbocycles. The van der Waals surface area contributed by atoms with E-state index in [0.717, 1.165) is 0 Å². The van der Waals surface area contributed by atoms with E-state index < -0.39 is 0 Å². The molecular weight excluding hydrogens is 214 g/mol. The van der Waals surface area contributed by atoms with Crippen molar-refractivity contribution in [1.82, 2.24) is 10.3 Å². The van der Waals surface area contributed by atoms with Crippen molar-refractivity contribution in [2.75, 3.05) is 18.9 Å². The number of rotatable bonds is 4. The van der Waals surface area contributed by atoms with Crippen LogP contribution in [-0.2, 0) is 4.79 Å². The first-order chi connectivity index (χ1) is 7.15. The molecule has 1 unspecified atom stereocenters. The molecular formula is C10H14ClN3O. The second-order valence-corrected chi connectivity index (χ2v) is 3.69. The van der Waals surface area contributed by atoms with Gasteiger partial charge in [-0.3, -0.25) is 4.79 Å². The van der Waals surface area contributed by atoms with Gasteiger partial charge in [-0.15, -0.1) is 0 Å². The van der Waals surface area contributed by atoms with Gasteiger partial charge in [-0.2, -0.15) is 0 Å². The number of nitrogens with zero attached hydrogens (tertiary/aromatic N) is 1. The fourth-order valence-electron chi connectivity index (χ4n) is 1.12. The Morgan fingerprint density at radius 2 is 2.40 bits per heavy atom. The van der Waals surface area contributed by atoms with Gasteiger partial charge in [0.25, 0.3) is 0 Å². The molecule has 1 amide bonds. The number of anilines is 1. The fraction of sp³-hybridized carbons (Fsp3) is 0.400. The highest BCUT2D eigenvalue weighted by atomic mass is 35.5. The van der Waals surface area contributed by atoms with Crippen LogP contribution in [0.1, 0.15) is 6.92 Å². The third-order valence-corrected chi connectivity index (χ3v) is 2.26. The van der Waals surface area contributed by atoms with Crippen molar-refractivity contribution in [3.8, 4) is 0 Å². The number of hydrogen-bond donors (Lipinski definition) is 2. The largest absolute Gasteiger partial charge is 0.319 e. The van der Waals surface area contributed by atoms with Gasteiger partial charge in [0, 0.05) is 18.7 Å². The van der Waals surface area contributed by atoms with Crippen LogP contribution < -0.4 is 10.6 Å². The van der Waals surface area contributed by atoms with Gasteiger partial charge >= 0.3 is 0 Å². The SMILES string of the molecule is CNCC(C)C(=O)Nc1ncccc1Cl. The minimum Gasteiger partial charge on any atom is -0.319 e. The van der Waals surface area contributed by atoms with Crippen LogP contribution in [0.15, 0.2) is 18.3 Å². The Morgan fingerprint density at radius 3 is 3.00 bits per heavy atom. The van der Waals surface area contributed by atoms with E-state index in [9.17, 15) is 4.79 Å². The Bertz CT molecular complexity index is 343. The minimum atomic E-state index is -0.118. The van der Waals surface area contributed by atoms with Gasteiger partial charge < -0.3 is 10.6 Å². The number of nitrogens with one attached hydrogen (secondary N) is 2. The van der Waals surface area contributed by atoms with Gasteiger partial charge in [-0.1, -0.05) is 18.5 Å². The average molecular weight is 228 g/mol. The van der Waals surface area contributed by atoms with E-state index >= 15 is 0 Å². The van der Waals surface area contributed by atoms with E-state index in [-0.39, 0.29) is 11.8 Å². The van der Waals surface area contributed by atoms with Crippen LogP contribution in [0.25, 0.3) is 0 Å². The summed E-state index contributed by atoms with van der Waals surface area (Å²) in [6.45, 7) is 2.46. The summed E-state index contributed by atoms with van der Waals surface area (Å²) in [6, 6.07) is 3.40. The highest BCUT2D eigenvalue weighted by Gasteiger charge is 2.13. The molecule has 1 aromatic heterocycles. The topological polar surface area (TPSA) is 54.0 Å². The number of pyridine rings is 1. The molecule has 1 atom stereocenters. The molecule has 1 aromatic rings. The lowest BCUT2D eigenvalue weighted by Crippen LogP contribution is -2.29. The Hall–Kier alpha value is -1.13. The van der Waals surface area contributed by atoms with Crippen LogP contribution in [0.5, 0.6) is 0 Å². The molecule has 5 heteroatoms. The molecule has 1 heterocycles. The van der Waals surface area contributed by atoms with Crippen molar-refractivity contribution in [2.24, 2.45) is 5.92 Å². The van der Waals surface area contributed by atoms with E-state index in [1.807, 2.05) is 6.92 Å². The van der Waals surface area contributed by atoms with Crippen molar-refractivity contribution in [2.45, 2.75) is 6.92 Å². The fourth-order valence-corrected chi connectivity index (χ4v) is 1.29. The number of carbonyl (C=O) groups excluding carboxylic acids is 1. The summed E-state index contributed by atoms with van der Waals surface area (Å²) in [7, 11) is 1.80. The van der Waals surface area contributed by atoms with Crippen LogP contribution >= 0.6 is 11.6 Å². The van der Waals surface area contributed by atoms with Crippen molar-refractivity contribution in [1.29, 1.82) is 0 Å². The van der Waals surface area contributed by atoms with Crippen LogP contribution in [0, 0.1) is 5.92 Å². The van der Waals surface area contributed by atoms with Gasteiger partial charge in [0.05, 0.1) is 5.02 Å². The second-order valence-electron chi connectivity index (χ2n) is 3.28. The Labute approximate surface area is 94.0 Å². The van der Waals surface area contributed by atoms with Gasteiger partial charge in [-0.05, 0) is 19.2 Å². The van der Waals surface area contributed by atoms with E-state index in [1.165, 1.54) is 0 Å². The summed E-state index contributed by atoms with van der Waals surface area (Å²) in [4.78, 5) is 15.6. The summed E-state index contributed by atoms with van der Waals surface area (Å²) < 4.78 is 0. The molecule has 0 aliphatic rings. The quantitative estimate of drug-likeness (QED) is 0.820. The third kappa shape index (κ3) is 3.49. The smallest absolute Gasteiger partial charge is 0.229 e. The monoisotopic (exact) mass is 227 g/mol. The molecule has 0 aliphatic carbocycles. The molecule has 0 spiro atoms. The molecule has 15 heavy (non-hydrogen) atoms. The lowest BCUT2D eigenvalue weighted by molar-refractivity contribution is -0.119. The zero-order valence-electron chi connectivity index (χ0n) is 8.75. The molecule has 0 fully saturated rings. The Morgan fingerprint density at radius 1 is 1.67 bits per heavy atom. The molecule has 0 bridgehead atoms. The summed E-state index contributed by atoms with van der Waals surface area (Å²) >= 11 is 5.86. The molecule has 4 nitrogen and oxygen atoms in total. The lowest BCUT2D eigenvalue weighted by Gasteiger charge is -2.11.